The Labute approximate surface area is 154 Å². The van der Waals surface area contributed by atoms with Crippen LogP contribution in [-0.2, 0) is 22.6 Å². The van der Waals surface area contributed by atoms with Gasteiger partial charge in [-0.15, -0.1) is 0 Å². The molecule has 1 fully saturated rings. The molecule has 1 aliphatic carbocycles. The van der Waals surface area contributed by atoms with Crippen LogP contribution in [0.25, 0.3) is 0 Å². The molecule has 0 bridgehead atoms. The summed E-state index contributed by atoms with van der Waals surface area (Å²) >= 11 is 0. The van der Waals surface area contributed by atoms with Crippen molar-refractivity contribution in [2.24, 2.45) is 5.92 Å². The third-order valence-electron chi connectivity index (χ3n) is 5.56. The van der Waals surface area contributed by atoms with Crippen molar-refractivity contribution in [2.75, 3.05) is 26.8 Å². The maximum absolute atomic E-state index is 12.7. The lowest BCUT2D eigenvalue weighted by molar-refractivity contribution is -0.136. The largest absolute Gasteiger partial charge is 0.383 e. The molecular weight excluding hydrogens is 332 g/mol. The van der Waals surface area contributed by atoms with E-state index in [2.05, 4.69) is 17.3 Å². The molecule has 1 atom stereocenters. The standard InChI is InChI=1S/C19H30N4O3/c1-3-22-17(20-23(19(22)25)13-14-26-2)15-9-11-21(12-10-15)18(24)16-7-5-4-6-8-16/h4-5,15-16H,3,6-14H2,1-2H3. The van der Waals surface area contributed by atoms with Crippen molar-refractivity contribution in [1.29, 1.82) is 0 Å². The summed E-state index contributed by atoms with van der Waals surface area (Å²) in [7, 11) is 1.62. The minimum atomic E-state index is -0.0629. The van der Waals surface area contributed by atoms with Gasteiger partial charge in [-0.25, -0.2) is 9.48 Å². The third kappa shape index (κ3) is 3.92. The van der Waals surface area contributed by atoms with E-state index in [0.717, 1.165) is 51.0 Å². The van der Waals surface area contributed by atoms with Gasteiger partial charge < -0.3 is 9.64 Å². The molecule has 0 spiro atoms. The number of carbonyl (C=O) groups is 1. The fourth-order valence-electron chi connectivity index (χ4n) is 4.01. The average molecular weight is 362 g/mol. The third-order valence-corrected chi connectivity index (χ3v) is 5.56. The second-order valence-corrected chi connectivity index (χ2v) is 7.18. The smallest absolute Gasteiger partial charge is 0.345 e. The predicted octanol–water partition coefficient (Wildman–Crippen LogP) is 1.77. The fourth-order valence-corrected chi connectivity index (χ4v) is 4.01. The highest BCUT2D eigenvalue weighted by atomic mass is 16.5. The zero-order valence-electron chi connectivity index (χ0n) is 15.9. The van der Waals surface area contributed by atoms with Crippen LogP contribution in [0, 0.1) is 5.92 Å². The molecule has 3 rings (SSSR count). The molecule has 1 unspecified atom stereocenters. The lowest BCUT2D eigenvalue weighted by Gasteiger charge is -2.34. The molecule has 0 N–H and O–H groups in total. The number of likely N-dealkylation sites (tertiary alicyclic amines) is 1. The van der Waals surface area contributed by atoms with E-state index < -0.39 is 0 Å². The summed E-state index contributed by atoms with van der Waals surface area (Å²) in [6, 6.07) is 0. The van der Waals surface area contributed by atoms with E-state index in [1.165, 1.54) is 4.68 Å². The molecule has 0 aromatic carbocycles. The number of aromatic nitrogens is 3. The Balaban J connectivity index is 1.65. The number of piperidine rings is 1. The van der Waals surface area contributed by atoms with Crippen molar-refractivity contribution in [1.82, 2.24) is 19.2 Å². The maximum Gasteiger partial charge on any atom is 0.345 e. The highest BCUT2D eigenvalue weighted by Gasteiger charge is 2.31. The molecule has 7 heteroatoms. The molecule has 2 heterocycles. The Kier molecular flexibility index (Phi) is 6.29. The minimum absolute atomic E-state index is 0.0629. The number of ether oxygens (including phenoxy) is 1. The van der Waals surface area contributed by atoms with Crippen LogP contribution in [0.15, 0.2) is 16.9 Å². The van der Waals surface area contributed by atoms with Crippen molar-refractivity contribution in [2.45, 2.75) is 58.0 Å². The van der Waals surface area contributed by atoms with E-state index in [0.29, 0.717) is 25.6 Å². The second kappa shape index (κ2) is 8.66. The summed E-state index contributed by atoms with van der Waals surface area (Å²) in [4.78, 5) is 27.2. The molecule has 1 aliphatic heterocycles. The first-order chi connectivity index (χ1) is 12.7. The van der Waals surface area contributed by atoms with Gasteiger partial charge in [0.25, 0.3) is 0 Å². The number of allylic oxidation sites excluding steroid dienone is 2. The van der Waals surface area contributed by atoms with Gasteiger partial charge in [0.1, 0.15) is 5.82 Å². The van der Waals surface area contributed by atoms with Crippen LogP contribution >= 0.6 is 0 Å². The number of carbonyl (C=O) groups excluding carboxylic acids is 1. The van der Waals surface area contributed by atoms with Crippen LogP contribution in [-0.4, -0.2) is 52.0 Å². The van der Waals surface area contributed by atoms with E-state index in [-0.39, 0.29) is 17.5 Å². The Morgan fingerprint density at radius 2 is 2.04 bits per heavy atom. The van der Waals surface area contributed by atoms with Crippen LogP contribution in [0.2, 0.25) is 0 Å². The first-order valence-corrected chi connectivity index (χ1v) is 9.76. The van der Waals surface area contributed by atoms with Gasteiger partial charge in [0.2, 0.25) is 5.91 Å². The van der Waals surface area contributed by atoms with Crippen molar-refractivity contribution in [3.8, 4) is 0 Å². The van der Waals surface area contributed by atoms with Crippen LogP contribution < -0.4 is 5.69 Å². The normalized spacial score (nSPS) is 21.3. The first kappa shape index (κ1) is 18.9. The molecule has 7 nitrogen and oxygen atoms in total. The van der Waals surface area contributed by atoms with Gasteiger partial charge in [-0.1, -0.05) is 12.2 Å². The van der Waals surface area contributed by atoms with E-state index in [9.17, 15) is 9.59 Å². The zero-order valence-corrected chi connectivity index (χ0v) is 15.9. The molecule has 1 saturated heterocycles. The van der Waals surface area contributed by atoms with Crippen molar-refractivity contribution >= 4 is 5.91 Å². The van der Waals surface area contributed by atoms with Crippen LogP contribution in [0.4, 0.5) is 0 Å². The van der Waals surface area contributed by atoms with Gasteiger partial charge in [-0.2, -0.15) is 5.10 Å². The first-order valence-electron chi connectivity index (χ1n) is 9.76. The molecule has 26 heavy (non-hydrogen) atoms. The summed E-state index contributed by atoms with van der Waals surface area (Å²) in [6.07, 6.45) is 8.89. The Hall–Kier alpha value is -1.89. The number of methoxy groups -OCH3 is 1. The van der Waals surface area contributed by atoms with Gasteiger partial charge >= 0.3 is 5.69 Å². The van der Waals surface area contributed by atoms with Crippen LogP contribution in [0.3, 0.4) is 0 Å². The Bertz CT molecular complexity index is 698. The summed E-state index contributed by atoms with van der Waals surface area (Å²) in [5.41, 5.74) is -0.0629. The second-order valence-electron chi connectivity index (χ2n) is 7.18. The van der Waals surface area contributed by atoms with E-state index in [1.807, 2.05) is 11.8 Å². The molecule has 2 aliphatic rings. The van der Waals surface area contributed by atoms with Gasteiger partial charge in [0, 0.05) is 38.6 Å². The van der Waals surface area contributed by atoms with Gasteiger partial charge in [-0.3, -0.25) is 9.36 Å². The van der Waals surface area contributed by atoms with Crippen LogP contribution in [0.5, 0.6) is 0 Å². The number of amides is 1. The summed E-state index contributed by atoms with van der Waals surface area (Å²) in [6.45, 7) is 5.06. The molecule has 1 amide bonds. The lowest BCUT2D eigenvalue weighted by Crippen LogP contribution is -2.42. The van der Waals surface area contributed by atoms with E-state index in [4.69, 9.17) is 4.74 Å². The molecular formula is C19H30N4O3. The van der Waals surface area contributed by atoms with E-state index >= 15 is 0 Å². The SMILES string of the molecule is CCn1c(C2CCN(C(=O)C3CC=CCC3)CC2)nn(CCOC)c1=O. The molecule has 144 valence electrons. The molecule has 1 aromatic heterocycles. The maximum atomic E-state index is 12.7. The van der Waals surface area contributed by atoms with Crippen molar-refractivity contribution in [3.05, 3.63) is 28.5 Å². The highest BCUT2D eigenvalue weighted by molar-refractivity contribution is 5.79. The summed E-state index contributed by atoms with van der Waals surface area (Å²) in [5.74, 6) is 1.55. The summed E-state index contributed by atoms with van der Waals surface area (Å²) in [5, 5.41) is 4.58. The Morgan fingerprint density at radius 3 is 2.65 bits per heavy atom. The Morgan fingerprint density at radius 1 is 1.27 bits per heavy atom. The van der Waals surface area contributed by atoms with Crippen molar-refractivity contribution in [3.63, 3.8) is 0 Å². The molecule has 0 radical (unpaired) electrons. The van der Waals surface area contributed by atoms with Crippen LogP contribution in [0.1, 0.15) is 50.8 Å². The highest BCUT2D eigenvalue weighted by Crippen LogP contribution is 2.29. The zero-order chi connectivity index (χ0) is 18.5. The summed E-state index contributed by atoms with van der Waals surface area (Å²) < 4.78 is 8.34. The van der Waals surface area contributed by atoms with E-state index in [1.54, 1.807) is 11.7 Å². The minimum Gasteiger partial charge on any atom is -0.383 e. The predicted molar refractivity (Wildman–Crippen MR) is 99.1 cm³/mol. The number of rotatable bonds is 6. The average Bonchev–Trinajstić information content (AvgIpc) is 3.02. The topological polar surface area (TPSA) is 69.4 Å². The van der Waals surface area contributed by atoms with Crippen molar-refractivity contribution < 1.29 is 9.53 Å². The number of hydrogen-bond donors (Lipinski definition) is 0. The monoisotopic (exact) mass is 362 g/mol. The van der Waals surface area contributed by atoms with Gasteiger partial charge in [0.15, 0.2) is 0 Å². The molecule has 1 aromatic rings. The fraction of sp³-hybridized carbons (Fsp3) is 0.737. The van der Waals surface area contributed by atoms with Gasteiger partial charge in [-0.05, 0) is 39.0 Å². The number of hydrogen-bond acceptors (Lipinski definition) is 4. The van der Waals surface area contributed by atoms with Gasteiger partial charge in [0.05, 0.1) is 13.2 Å². The number of nitrogens with zero attached hydrogens (tertiary/aromatic N) is 4. The molecule has 0 saturated carbocycles. The quantitative estimate of drug-likeness (QED) is 0.723. The lowest BCUT2D eigenvalue weighted by atomic mass is 9.90.